The van der Waals surface area contributed by atoms with Crippen LogP contribution < -0.4 is 5.43 Å². The number of rotatable bonds is 4. The first-order valence-electron chi connectivity index (χ1n) is 6.86. The molecule has 0 spiro atoms. The van der Waals surface area contributed by atoms with Gasteiger partial charge in [-0.05, 0) is 11.6 Å². The molecule has 0 N–H and O–H groups in total. The molecule has 0 bridgehead atoms. The molecule has 114 valence electrons. The minimum absolute atomic E-state index is 0.467. The molecule has 0 unspecified atom stereocenters. The summed E-state index contributed by atoms with van der Waals surface area (Å²) in [4.78, 5) is 30.2. The van der Waals surface area contributed by atoms with Crippen molar-refractivity contribution in [1.29, 1.82) is 0 Å². The van der Waals surface area contributed by atoms with E-state index in [4.69, 9.17) is 0 Å². The van der Waals surface area contributed by atoms with Crippen LogP contribution in [0.5, 0.6) is 0 Å². The lowest BCUT2D eigenvalue weighted by molar-refractivity contribution is -0.386. The maximum atomic E-state index is 11.5. The molecule has 0 aliphatic heterocycles. The minimum Gasteiger partial charge on any atom is -0.301 e. The van der Waals surface area contributed by atoms with Gasteiger partial charge in [0, 0.05) is 24.9 Å². The number of aromatic nitrogens is 3. The zero-order valence-corrected chi connectivity index (χ0v) is 12.0. The van der Waals surface area contributed by atoms with Crippen LogP contribution in [0.1, 0.15) is 11.4 Å². The molecule has 2 aromatic heterocycles. The van der Waals surface area contributed by atoms with Crippen LogP contribution in [0.2, 0.25) is 0 Å². The molecule has 0 atom stereocenters. The topological polar surface area (TPSA) is 90.9 Å². The lowest BCUT2D eigenvalue weighted by Gasteiger charge is -2.07. The summed E-state index contributed by atoms with van der Waals surface area (Å²) < 4.78 is 1.44. The molecule has 0 saturated heterocycles. The lowest BCUT2D eigenvalue weighted by atomic mass is 10.1. The number of nitro groups is 1. The first-order chi connectivity index (χ1) is 11.1. The van der Waals surface area contributed by atoms with E-state index in [0.717, 1.165) is 17.8 Å². The molecule has 0 amide bonds. The van der Waals surface area contributed by atoms with Crippen LogP contribution in [0.3, 0.4) is 0 Å². The van der Waals surface area contributed by atoms with Gasteiger partial charge in [0.05, 0.1) is 11.1 Å². The Morgan fingerprint density at radius 1 is 1.13 bits per heavy atom. The second-order valence-corrected chi connectivity index (χ2v) is 4.85. The highest BCUT2D eigenvalue weighted by molar-refractivity contribution is 5.32. The molecule has 0 aliphatic carbocycles. The van der Waals surface area contributed by atoms with Crippen LogP contribution >= 0.6 is 0 Å². The third kappa shape index (κ3) is 3.29. The second-order valence-electron chi connectivity index (χ2n) is 4.85. The van der Waals surface area contributed by atoms with Crippen molar-refractivity contribution in [2.75, 3.05) is 0 Å². The van der Waals surface area contributed by atoms with E-state index >= 15 is 0 Å². The Bertz CT molecular complexity index is 906. The molecule has 3 aromatic rings. The van der Waals surface area contributed by atoms with E-state index in [2.05, 4.69) is 9.97 Å². The largest absolute Gasteiger partial charge is 0.332 e. The summed E-state index contributed by atoms with van der Waals surface area (Å²) in [6.07, 6.45) is 4.75. The van der Waals surface area contributed by atoms with Gasteiger partial charge in [0.25, 0.3) is 5.43 Å². The molecule has 0 fully saturated rings. The third-order valence-electron chi connectivity index (χ3n) is 3.26. The van der Waals surface area contributed by atoms with Crippen molar-refractivity contribution in [3.05, 3.63) is 92.8 Å². The molecule has 0 saturated carbocycles. The van der Waals surface area contributed by atoms with E-state index in [1.807, 2.05) is 30.3 Å². The maximum absolute atomic E-state index is 11.5. The average Bonchev–Trinajstić information content (AvgIpc) is 2.56. The van der Waals surface area contributed by atoms with Gasteiger partial charge in [-0.1, -0.05) is 30.3 Å². The maximum Gasteiger partial charge on any atom is 0.332 e. The highest BCUT2D eigenvalue weighted by atomic mass is 16.6. The normalized spacial score (nSPS) is 10.4. The average molecular weight is 308 g/mol. The number of pyridine rings is 1. The summed E-state index contributed by atoms with van der Waals surface area (Å²) in [7, 11) is 0. The zero-order valence-electron chi connectivity index (χ0n) is 12.0. The smallest absolute Gasteiger partial charge is 0.301 e. The molecule has 0 radical (unpaired) electrons. The van der Waals surface area contributed by atoms with Gasteiger partial charge < -0.3 is 4.57 Å². The summed E-state index contributed by atoms with van der Waals surface area (Å²) in [5.74, 6) is 1.06. The molecular formula is C16H12N4O3. The highest BCUT2D eigenvalue weighted by Gasteiger charge is 2.13. The summed E-state index contributed by atoms with van der Waals surface area (Å²) in [6, 6.07) is 12.5. The minimum atomic E-state index is -0.703. The van der Waals surface area contributed by atoms with Crippen molar-refractivity contribution < 1.29 is 4.92 Å². The molecule has 3 rings (SSSR count). The van der Waals surface area contributed by atoms with Crippen LogP contribution in [0.15, 0.2) is 65.8 Å². The van der Waals surface area contributed by atoms with Gasteiger partial charge >= 0.3 is 5.69 Å². The number of nitrogens with zero attached hydrogens (tertiary/aromatic N) is 4. The van der Waals surface area contributed by atoms with Gasteiger partial charge in [-0.15, -0.1) is 0 Å². The van der Waals surface area contributed by atoms with Crippen LogP contribution in [-0.2, 0) is 6.42 Å². The lowest BCUT2D eigenvalue weighted by Crippen LogP contribution is -2.11. The summed E-state index contributed by atoms with van der Waals surface area (Å²) in [5.41, 5.74) is -0.0592. The first-order valence-corrected chi connectivity index (χ1v) is 6.86. The van der Waals surface area contributed by atoms with Crippen molar-refractivity contribution in [3.63, 3.8) is 0 Å². The Morgan fingerprint density at radius 2 is 1.91 bits per heavy atom. The van der Waals surface area contributed by atoms with E-state index in [1.54, 1.807) is 12.3 Å². The Morgan fingerprint density at radius 3 is 2.65 bits per heavy atom. The molecule has 7 heteroatoms. The van der Waals surface area contributed by atoms with Gasteiger partial charge in [-0.25, -0.2) is 9.97 Å². The standard InChI is InChI=1S/C16H12N4O3/c21-14-7-9-19(11-13(14)20(22)23)16-6-8-17-15(18-16)10-12-4-2-1-3-5-12/h1-9,11H,10H2. The predicted molar refractivity (Wildman–Crippen MR) is 83.5 cm³/mol. The Kier molecular flexibility index (Phi) is 3.92. The van der Waals surface area contributed by atoms with Crippen LogP contribution in [0.4, 0.5) is 5.69 Å². The Labute approximate surface area is 131 Å². The van der Waals surface area contributed by atoms with E-state index in [-0.39, 0.29) is 0 Å². The van der Waals surface area contributed by atoms with Crippen molar-refractivity contribution in [3.8, 4) is 5.82 Å². The molecule has 23 heavy (non-hydrogen) atoms. The molecular weight excluding hydrogens is 296 g/mol. The second kappa shape index (κ2) is 6.18. The third-order valence-corrected chi connectivity index (χ3v) is 3.26. The van der Waals surface area contributed by atoms with Gasteiger partial charge in [0.15, 0.2) is 0 Å². The van der Waals surface area contributed by atoms with Crippen molar-refractivity contribution in [2.45, 2.75) is 6.42 Å². The fourth-order valence-electron chi connectivity index (χ4n) is 2.15. The number of benzene rings is 1. The molecule has 7 nitrogen and oxygen atoms in total. The zero-order chi connectivity index (χ0) is 16.2. The molecule has 0 aliphatic rings. The summed E-state index contributed by atoms with van der Waals surface area (Å²) >= 11 is 0. The molecule has 2 heterocycles. The fraction of sp³-hybridized carbons (Fsp3) is 0.0625. The van der Waals surface area contributed by atoms with Crippen LogP contribution in [0.25, 0.3) is 5.82 Å². The quantitative estimate of drug-likeness (QED) is 0.544. The van der Waals surface area contributed by atoms with E-state index in [1.165, 1.54) is 10.8 Å². The van der Waals surface area contributed by atoms with E-state index in [9.17, 15) is 14.9 Å². The summed E-state index contributed by atoms with van der Waals surface area (Å²) in [5, 5.41) is 10.9. The Balaban J connectivity index is 1.95. The van der Waals surface area contributed by atoms with Crippen molar-refractivity contribution >= 4 is 5.69 Å². The molecule has 1 aromatic carbocycles. The van der Waals surface area contributed by atoms with Gasteiger partial charge in [0.1, 0.15) is 11.6 Å². The number of hydrogen-bond acceptors (Lipinski definition) is 5. The van der Waals surface area contributed by atoms with Crippen molar-refractivity contribution in [1.82, 2.24) is 14.5 Å². The van der Waals surface area contributed by atoms with Crippen molar-refractivity contribution in [2.24, 2.45) is 0 Å². The fourth-order valence-corrected chi connectivity index (χ4v) is 2.15. The van der Waals surface area contributed by atoms with Gasteiger partial charge in [-0.3, -0.25) is 14.9 Å². The predicted octanol–water partition coefficient (Wildman–Crippen LogP) is 2.13. The monoisotopic (exact) mass is 308 g/mol. The van der Waals surface area contributed by atoms with E-state index < -0.39 is 16.0 Å². The van der Waals surface area contributed by atoms with Crippen LogP contribution in [-0.4, -0.2) is 19.5 Å². The van der Waals surface area contributed by atoms with E-state index in [0.29, 0.717) is 18.1 Å². The van der Waals surface area contributed by atoms with Gasteiger partial charge in [-0.2, -0.15) is 0 Å². The van der Waals surface area contributed by atoms with Gasteiger partial charge in [0.2, 0.25) is 0 Å². The highest BCUT2D eigenvalue weighted by Crippen LogP contribution is 2.10. The first kappa shape index (κ1) is 14.6. The van der Waals surface area contributed by atoms with Crippen LogP contribution in [0, 0.1) is 10.1 Å². The SMILES string of the molecule is O=c1ccn(-c2ccnc(Cc3ccccc3)n2)cc1[N+](=O)[O-]. The number of hydrogen-bond donors (Lipinski definition) is 0. The Hall–Kier alpha value is -3.35. The summed E-state index contributed by atoms with van der Waals surface area (Å²) in [6.45, 7) is 0.